The van der Waals surface area contributed by atoms with Crippen molar-refractivity contribution >= 4 is 11.6 Å². The minimum atomic E-state index is 0.00388. The average Bonchev–Trinajstić information content (AvgIpc) is 2.42. The standard InChI is InChI=1S/C16H20O3/c1-10-11(2)15(19-3)9-8-14(10)16(18)12-4-6-13(17)7-5-12/h8-9,12H,4-7H2,1-3H3. The molecule has 1 aliphatic carbocycles. The third-order valence-electron chi connectivity index (χ3n) is 4.14. The first-order valence-electron chi connectivity index (χ1n) is 6.74. The second-order valence-corrected chi connectivity index (χ2v) is 5.24. The maximum Gasteiger partial charge on any atom is 0.166 e. The van der Waals surface area contributed by atoms with Crippen molar-refractivity contribution < 1.29 is 14.3 Å². The molecule has 0 aromatic heterocycles. The third-order valence-corrected chi connectivity index (χ3v) is 4.14. The lowest BCUT2D eigenvalue weighted by Crippen LogP contribution is -2.22. The van der Waals surface area contributed by atoms with E-state index >= 15 is 0 Å². The summed E-state index contributed by atoms with van der Waals surface area (Å²) in [5.74, 6) is 1.28. The molecule has 1 aromatic carbocycles. The van der Waals surface area contributed by atoms with Crippen LogP contribution in [0.3, 0.4) is 0 Å². The van der Waals surface area contributed by atoms with Crippen LogP contribution in [0.2, 0.25) is 0 Å². The van der Waals surface area contributed by atoms with E-state index in [0.29, 0.717) is 25.7 Å². The molecule has 0 radical (unpaired) electrons. The van der Waals surface area contributed by atoms with E-state index in [9.17, 15) is 9.59 Å². The molecule has 0 N–H and O–H groups in total. The van der Waals surface area contributed by atoms with Crippen molar-refractivity contribution in [2.45, 2.75) is 39.5 Å². The van der Waals surface area contributed by atoms with Crippen molar-refractivity contribution in [3.63, 3.8) is 0 Å². The molecule has 1 aliphatic rings. The van der Waals surface area contributed by atoms with Crippen LogP contribution in [0.1, 0.15) is 47.2 Å². The minimum absolute atomic E-state index is 0.00388. The Balaban J connectivity index is 2.24. The van der Waals surface area contributed by atoms with E-state index in [1.165, 1.54) is 0 Å². The van der Waals surface area contributed by atoms with E-state index < -0.39 is 0 Å². The molecule has 0 spiro atoms. The number of carbonyl (C=O) groups excluding carboxylic acids is 2. The van der Waals surface area contributed by atoms with Crippen LogP contribution in [-0.2, 0) is 4.79 Å². The second-order valence-electron chi connectivity index (χ2n) is 5.24. The van der Waals surface area contributed by atoms with Gasteiger partial charge in [-0.3, -0.25) is 9.59 Å². The molecule has 1 fully saturated rings. The zero-order chi connectivity index (χ0) is 14.0. The van der Waals surface area contributed by atoms with Crippen molar-refractivity contribution in [3.8, 4) is 5.75 Å². The zero-order valence-corrected chi connectivity index (χ0v) is 11.8. The molecular formula is C16H20O3. The molecule has 0 bridgehead atoms. The highest BCUT2D eigenvalue weighted by atomic mass is 16.5. The smallest absolute Gasteiger partial charge is 0.166 e. The largest absolute Gasteiger partial charge is 0.496 e. The molecule has 2 rings (SSSR count). The first kappa shape index (κ1) is 13.8. The summed E-state index contributed by atoms with van der Waals surface area (Å²) >= 11 is 0. The predicted molar refractivity (Wildman–Crippen MR) is 73.8 cm³/mol. The van der Waals surface area contributed by atoms with Gasteiger partial charge in [-0.1, -0.05) is 0 Å². The highest BCUT2D eigenvalue weighted by Crippen LogP contribution is 2.30. The van der Waals surface area contributed by atoms with Crippen LogP contribution in [0.25, 0.3) is 0 Å². The highest BCUT2D eigenvalue weighted by Gasteiger charge is 2.27. The monoisotopic (exact) mass is 260 g/mol. The van der Waals surface area contributed by atoms with Gasteiger partial charge in [0.15, 0.2) is 5.78 Å². The predicted octanol–water partition coefficient (Wildman–Crippen LogP) is 3.25. The molecule has 0 amide bonds. The van der Waals surface area contributed by atoms with Gasteiger partial charge in [-0.25, -0.2) is 0 Å². The van der Waals surface area contributed by atoms with Gasteiger partial charge in [-0.15, -0.1) is 0 Å². The summed E-state index contributed by atoms with van der Waals surface area (Å²) < 4.78 is 5.26. The lowest BCUT2D eigenvalue weighted by Gasteiger charge is -2.21. The molecule has 3 heteroatoms. The number of hydrogen-bond acceptors (Lipinski definition) is 3. The van der Waals surface area contributed by atoms with Gasteiger partial charge in [0.05, 0.1) is 7.11 Å². The minimum Gasteiger partial charge on any atom is -0.496 e. The van der Waals surface area contributed by atoms with E-state index in [0.717, 1.165) is 22.4 Å². The Bertz CT molecular complexity index is 507. The van der Waals surface area contributed by atoms with Gasteiger partial charge in [0, 0.05) is 24.3 Å². The van der Waals surface area contributed by atoms with Gasteiger partial charge in [-0.2, -0.15) is 0 Å². The van der Waals surface area contributed by atoms with Crippen LogP contribution in [0.5, 0.6) is 5.75 Å². The molecule has 19 heavy (non-hydrogen) atoms. The van der Waals surface area contributed by atoms with E-state index in [1.54, 1.807) is 7.11 Å². The van der Waals surface area contributed by atoms with Crippen molar-refractivity contribution in [1.29, 1.82) is 0 Å². The zero-order valence-electron chi connectivity index (χ0n) is 11.8. The Morgan fingerprint density at radius 1 is 1.16 bits per heavy atom. The molecule has 3 nitrogen and oxygen atoms in total. The molecule has 0 unspecified atom stereocenters. The maximum absolute atomic E-state index is 12.5. The number of carbonyl (C=O) groups is 2. The SMILES string of the molecule is COc1ccc(C(=O)C2CCC(=O)CC2)c(C)c1C. The summed E-state index contributed by atoms with van der Waals surface area (Å²) in [5.41, 5.74) is 2.78. The van der Waals surface area contributed by atoms with Crippen LogP contribution < -0.4 is 4.74 Å². The molecule has 0 aliphatic heterocycles. The summed E-state index contributed by atoms with van der Waals surface area (Å²) in [6, 6.07) is 3.70. The molecule has 0 heterocycles. The van der Waals surface area contributed by atoms with Gasteiger partial charge in [0.2, 0.25) is 0 Å². The van der Waals surface area contributed by atoms with Crippen molar-refractivity contribution in [3.05, 3.63) is 28.8 Å². The Morgan fingerprint density at radius 3 is 2.37 bits per heavy atom. The fraction of sp³-hybridized carbons (Fsp3) is 0.500. The van der Waals surface area contributed by atoms with Crippen LogP contribution >= 0.6 is 0 Å². The van der Waals surface area contributed by atoms with E-state index in [4.69, 9.17) is 4.74 Å². The summed E-state index contributed by atoms with van der Waals surface area (Å²) in [6.07, 6.45) is 2.49. The van der Waals surface area contributed by atoms with Crippen LogP contribution in [0.15, 0.2) is 12.1 Å². The first-order chi connectivity index (χ1) is 9.04. The first-order valence-corrected chi connectivity index (χ1v) is 6.74. The van der Waals surface area contributed by atoms with Gasteiger partial charge >= 0.3 is 0 Å². The van der Waals surface area contributed by atoms with Crippen molar-refractivity contribution in [2.24, 2.45) is 5.92 Å². The number of ether oxygens (including phenoxy) is 1. The van der Waals surface area contributed by atoms with Crippen LogP contribution in [0.4, 0.5) is 0 Å². The van der Waals surface area contributed by atoms with Gasteiger partial charge < -0.3 is 4.74 Å². The summed E-state index contributed by atoms with van der Waals surface area (Å²) in [7, 11) is 1.63. The molecule has 0 atom stereocenters. The summed E-state index contributed by atoms with van der Waals surface area (Å²) in [5, 5.41) is 0. The number of rotatable bonds is 3. The summed E-state index contributed by atoms with van der Waals surface area (Å²) in [4.78, 5) is 23.8. The normalized spacial score (nSPS) is 16.5. The number of Topliss-reactive ketones (excluding diaryl/α,β-unsaturated/α-hetero) is 2. The van der Waals surface area contributed by atoms with E-state index in [1.807, 2.05) is 26.0 Å². The van der Waals surface area contributed by atoms with Crippen molar-refractivity contribution in [1.82, 2.24) is 0 Å². The third kappa shape index (κ3) is 2.70. The van der Waals surface area contributed by atoms with Gasteiger partial charge in [0.25, 0.3) is 0 Å². The van der Waals surface area contributed by atoms with Crippen molar-refractivity contribution in [2.75, 3.05) is 7.11 Å². The fourth-order valence-electron chi connectivity index (χ4n) is 2.71. The lowest BCUT2D eigenvalue weighted by molar-refractivity contribution is -0.120. The lowest BCUT2D eigenvalue weighted by atomic mass is 9.82. The molecule has 0 saturated heterocycles. The Hall–Kier alpha value is -1.64. The molecule has 1 aromatic rings. The quantitative estimate of drug-likeness (QED) is 0.783. The second kappa shape index (κ2) is 5.55. The van der Waals surface area contributed by atoms with Crippen LogP contribution in [-0.4, -0.2) is 18.7 Å². The van der Waals surface area contributed by atoms with Crippen LogP contribution in [0, 0.1) is 19.8 Å². The van der Waals surface area contributed by atoms with E-state index in [2.05, 4.69) is 0 Å². The topological polar surface area (TPSA) is 43.4 Å². The molecule has 102 valence electrons. The van der Waals surface area contributed by atoms with E-state index in [-0.39, 0.29) is 17.5 Å². The molecule has 1 saturated carbocycles. The Labute approximate surface area is 114 Å². The van der Waals surface area contributed by atoms with Gasteiger partial charge in [-0.05, 0) is 49.9 Å². The number of hydrogen-bond donors (Lipinski definition) is 0. The summed E-state index contributed by atoms with van der Waals surface area (Å²) in [6.45, 7) is 3.93. The Morgan fingerprint density at radius 2 is 1.79 bits per heavy atom. The Kier molecular flexibility index (Phi) is 4.03. The highest BCUT2D eigenvalue weighted by molar-refractivity contribution is 6.00. The fourth-order valence-corrected chi connectivity index (χ4v) is 2.71. The number of methoxy groups -OCH3 is 1. The number of benzene rings is 1. The number of ketones is 2. The van der Waals surface area contributed by atoms with Gasteiger partial charge in [0.1, 0.15) is 11.5 Å². The molecular weight excluding hydrogens is 240 g/mol. The average molecular weight is 260 g/mol. The maximum atomic E-state index is 12.5.